The third-order valence-corrected chi connectivity index (χ3v) is 18.5. The molecule has 0 radical (unpaired) electrons. The van der Waals surface area contributed by atoms with E-state index in [1.807, 2.05) is 60.5 Å². The number of carboxylic acid groups (broad SMARTS) is 2. The lowest BCUT2D eigenvalue weighted by atomic mass is 9.83. The Labute approximate surface area is 603 Å². The zero-order chi connectivity index (χ0) is 77.5. The van der Waals surface area contributed by atoms with Gasteiger partial charge in [0.1, 0.15) is 24.6 Å². The number of anilines is 1. The van der Waals surface area contributed by atoms with E-state index in [4.69, 9.17) is 23.7 Å². The van der Waals surface area contributed by atoms with Gasteiger partial charge < -0.3 is 64.8 Å². The number of aliphatic carboxylic acids is 2. The first kappa shape index (κ1) is 88.6. The number of esters is 1. The second-order valence-corrected chi connectivity index (χ2v) is 27.3. The zero-order valence-corrected chi connectivity index (χ0v) is 62.2. The number of amides is 7. The molecule has 574 valence electrons. The van der Waals surface area contributed by atoms with Crippen molar-refractivity contribution in [2.45, 2.75) is 176 Å². The number of methoxy groups -OCH3 is 2. The topological polar surface area (TPSA) is 398 Å². The average molecular weight is 1450 g/mol. The number of ether oxygens (including phenoxy) is 5. The van der Waals surface area contributed by atoms with E-state index in [-0.39, 0.29) is 136 Å². The quantitative estimate of drug-likeness (QED) is 0.0228. The van der Waals surface area contributed by atoms with E-state index in [0.29, 0.717) is 48.0 Å². The van der Waals surface area contributed by atoms with E-state index in [1.165, 1.54) is 46.3 Å². The molecule has 30 nitrogen and oxygen atoms in total. The Kier molecular flexibility index (Phi) is 38.0. The van der Waals surface area contributed by atoms with Crippen molar-refractivity contribution in [3.63, 3.8) is 0 Å². The minimum Gasteiger partial charge on any atom is -0.509 e. The Morgan fingerprint density at radius 1 is 0.748 bits per heavy atom. The van der Waals surface area contributed by atoms with Gasteiger partial charge in [-0.1, -0.05) is 74.5 Å². The number of hydrogen-bond donors (Lipinski definition) is 6. The number of carboxylic acids is 2. The van der Waals surface area contributed by atoms with Crippen molar-refractivity contribution in [2.24, 2.45) is 41.4 Å². The van der Waals surface area contributed by atoms with Crippen molar-refractivity contribution in [3.05, 3.63) is 60.4 Å². The summed E-state index contributed by atoms with van der Waals surface area (Å²) >= 11 is 0. The van der Waals surface area contributed by atoms with Crippen LogP contribution in [0, 0.1) is 41.4 Å². The first-order chi connectivity index (χ1) is 48.5. The number of likely N-dealkylation sites (tertiary alicyclic amines) is 1. The fourth-order valence-corrected chi connectivity index (χ4v) is 12.7. The van der Waals surface area contributed by atoms with Crippen LogP contribution in [0.1, 0.15) is 139 Å². The number of benzene rings is 1. The molecule has 0 bridgehead atoms. The smallest absolute Gasteiger partial charge is 0.328 e. The summed E-state index contributed by atoms with van der Waals surface area (Å²) in [7, 11) is 8.29. The van der Waals surface area contributed by atoms with Crippen molar-refractivity contribution in [1.82, 2.24) is 35.4 Å². The summed E-state index contributed by atoms with van der Waals surface area (Å²) in [5, 5.41) is 38.3. The van der Waals surface area contributed by atoms with E-state index in [2.05, 4.69) is 22.5 Å². The first-order valence-electron chi connectivity index (χ1n) is 35.0. The van der Waals surface area contributed by atoms with Gasteiger partial charge in [0.15, 0.2) is 23.1 Å². The first-order valence-corrected chi connectivity index (χ1v) is 35.0. The molecule has 103 heavy (non-hydrogen) atoms. The maximum atomic E-state index is 14.6. The summed E-state index contributed by atoms with van der Waals surface area (Å²) in [6.07, 6.45) is 0.578. The number of fused-ring (bicyclic) bond motifs is 1. The van der Waals surface area contributed by atoms with Gasteiger partial charge in [-0.05, 0) is 88.2 Å². The lowest BCUT2D eigenvalue weighted by molar-refractivity contribution is -0.161. The minimum atomic E-state index is -1.54. The second kappa shape index (κ2) is 44.2. The Balaban J connectivity index is 1.91. The minimum absolute atomic E-state index is 0.0200. The Hall–Kier alpha value is -8.58. The molecule has 6 N–H and O–H groups in total. The molecule has 0 unspecified atom stereocenters. The highest BCUT2D eigenvalue weighted by atomic mass is 16.5. The lowest BCUT2D eigenvalue weighted by Crippen LogP contribution is -2.54. The monoisotopic (exact) mass is 1450 g/mol. The van der Waals surface area contributed by atoms with Crippen LogP contribution in [-0.4, -0.2) is 247 Å². The molecular formula is C73H110N8O22. The van der Waals surface area contributed by atoms with E-state index in [0.717, 1.165) is 12.2 Å². The van der Waals surface area contributed by atoms with E-state index < -0.39 is 150 Å². The van der Waals surface area contributed by atoms with Crippen molar-refractivity contribution >= 4 is 88.1 Å². The number of aliphatic hydroxyl groups excluding tert-OH is 1. The molecule has 0 saturated carbocycles. The number of Topliss-reactive ketones (excluding diaryl/α,β-unsaturated/α-hetero) is 4. The molecule has 0 aromatic heterocycles. The number of ketones is 4. The van der Waals surface area contributed by atoms with Gasteiger partial charge in [-0.3, -0.25) is 67.2 Å². The number of rotatable bonds is 27. The molecular weight excluding hydrogens is 1340 g/mol. The van der Waals surface area contributed by atoms with Gasteiger partial charge >= 0.3 is 17.9 Å². The molecule has 7 amide bonds. The highest BCUT2D eigenvalue weighted by Gasteiger charge is 2.44. The normalized spacial score (nSPS) is 20.6. The summed E-state index contributed by atoms with van der Waals surface area (Å²) in [4.78, 5) is 194. The van der Waals surface area contributed by atoms with Gasteiger partial charge in [-0.2, -0.15) is 0 Å². The molecule has 2 heterocycles. The van der Waals surface area contributed by atoms with Gasteiger partial charge in [0.05, 0.1) is 80.6 Å². The van der Waals surface area contributed by atoms with Gasteiger partial charge in [0, 0.05) is 109 Å². The molecule has 1 aromatic carbocycles. The highest BCUT2D eigenvalue weighted by molar-refractivity contribution is 6.00. The SMILES string of the molecule is C=C(O)/C=C\C(=O)N1CC(=O)NCCOCCC(=O)Oc2ccc(C[C@H](CC(=O)[C@H](C)[C@@H](OC)[C@@H]3CCCN3C(=O)C[C@@H](OC)[C@H]([C@@H](C)CC)N(C)C(=O)[C@@H](CC(=O)[C@H](C(C)C)N(C)C)C(C)C)C(=O)O)cc2NC(=O)[C@H](C)CC(=O)[C@H](C)NC(=O)CCOCCCC(=O)CN1C(=O)/C=C\C(=O)O. The number of likely N-dealkylation sites (N-methyl/N-ethyl adjacent to an activating group) is 2. The van der Waals surface area contributed by atoms with E-state index in [1.54, 1.807) is 23.8 Å². The largest absolute Gasteiger partial charge is 0.509 e. The number of carbonyl (C=O) groups is 14. The Morgan fingerprint density at radius 2 is 1.39 bits per heavy atom. The van der Waals surface area contributed by atoms with Crippen LogP contribution >= 0.6 is 0 Å². The predicted octanol–water partition coefficient (Wildman–Crippen LogP) is 4.70. The van der Waals surface area contributed by atoms with Crippen molar-refractivity contribution < 1.29 is 106 Å². The molecule has 1 saturated heterocycles. The summed E-state index contributed by atoms with van der Waals surface area (Å²) in [6, 6.07) is 1.48. The third-order valence-electron chi connectivity index (χ3n) is 18.5. The third kappa shape index (κ3) is 28.9. The van der Waals surface area contributed by atoms with Crippen LogP contribution in [0.4, 0.5) is 5.69 Å². The summed E-state index contributed by atoms with van der Waals surface area (Å²) < 4.78 is 28.9. The molecule has 2 aliphatic heterocycles. The van der Waals surface area contributed by atoms with Crippen molar-refractivity contribution in [2.75, 3.05) is 93.3 Å². The average Bonchev–Trinajstić information content (AvgIpc) is 1.79. The number of hydrogen-bond acceptors (Lipinski definition) is 21. The molecule has 30 heteroatoms. The van der Waals surface area contributed by atoms with Crippen LogP contribution in [-0.2, 0) is 92.5 Å². The highest BCUT2D eigenvalue weighted by Crippen LogP contribution is 2.34. The molecule has 1 aromatic rings. The van der Waals surface area contributed by atoms with Crippen LogP contribution in [0.25, 0.3) is 0 Å². The van der Waals surface area contributed by atoms with Gasteiger partial charge in [-0.25, -0.2) is 14.8 Å². The van der Waals surface area contributed by atoms with Crippen LogP contribution in [0.3, 0.4) is 0 Å². The lowest BCUT2D eigenvalue weighted by Gasteiger charge is -2.41. The zero-order valence-electron chi connectivity index (χ0n) is 62.2. The number of aliphatic hydroxyl groups is 1. The molecule has 11 atom stereocenters. The predicted molar refractivity (Wildman–Crippen MR) is 377 cm³/mol. The summed E-state index contributed by atoms with van der Waals surface area (Å²) in [5.74, 6) is -15.5. The number of hydrazine groups is 1. The standard InChI is InChI=1S/C73H110N8O22/c1-16-45(6)69(78(13)72(96)53(43(2)3)39-58(86)68(44(4)5)77(11)12)60(99-14)40-65(91)79-30-17-20-55(79)70(100-15)48(9)56(84)38-51(73(97)98)36-50-22-23-59-54(37-50)76-71(95)46(7)35-57(85)49(10)75-61(87)27-32-101-31-18-19-52(83)41-80(64(90)25-26-66(92)93)81(63(89)24-21-47(8)82)42-62(88)74-29-34-102-33-28-67(94)103-59/h21-26,37,43-46,48-49,51,53,55,60,68-70,82H,8,16-20,27-36,38-42H2,1-7,9-15H3,(H,74,88)(H,75,87)(H,76,95)(H,92,93)(H,97,98)/b24-21-,26-25-/t45-,46+,48-,49-,51+,53-,55-,60+,68-,69-,70+/m0/s1. The number of carbonyl (C=O) groups excluding carboxylic acids is 12. The van der Waals surface area contributed by atoms with Gasteiger partial charge in [-0.15, -0.1) is 0 Å². The molecule has 1 fully saturated rings. The van der Waals surface area contributed by atoms with Crippen LogP contribution in [0.5, 0.6) is 5.75 Å². The van der Waals surface area contributed by atoms with Crippen LogP contribution in [0.2, 0.25) is 0 Å². The molecule has 0 aliphatic carbocycles. The van der Waals surface area contributed by atoms with E-state index >= 15 is 0 Å². The van der Waals surface area contributed by atoms with Crippen LogP contribution in [0.15, 0.2) is 54.8 Å². The van der Waals surface area contributed by atoms with Crippen molar-refractivity contribution in [3.8, 4) is 5.75 Å². The van der Waals surface area contributed by atoms with Crippen LogP contribution < -0.4 is 20.7 Å². The van der Waals surface area contributed by atoms with Crippen molar-refractivity contribution in [1.29, 1.82) is 0 Å². The molecule has 3 rings (SSSR count). The number of nitrogens with zero attached hydrogens (tertiary/aromatic N) is 5. The second-order valence-electron chi connectivity index (χ2n) is 27.3. The Bertz CT molecular complexity index is 3200. The maximum absolute atomic E-state index is 14.6. The summed E-state index contributed by atoms with van der Waals surface area (Å²) in [6.45, 7) is 17.1. The molecule has 0 spiro atoms. The Morgan fingerprint density at radius 3 is 1.98 bits per heavy atom. The fourth-order valence-electron chi connectivity index (χ4n) is 12.7. The number of nitrogens with one attached hydrogen (secondary N) is 3. The van der Waals surface area contributed by atoms with Gasteiger partial charge in [0.2, 0.25) is 29.5 Å². The van der Waals surface area contributed by atoms with E-state index in [9.17, 15) is 82.4 Å². The fraction of sp³-hybridized carbons (Fsp3) is 0.644. The summed E-state index contributed by atoms with van der Waals surface area (Å²) in [5.41, 5.74) is 0.165. The number of allylic oxidation sites excluding steroid dienone is 1. The maximum Gasteiger partial charge on any atom is 0.328 e. The van der Waals surface area contributed by atoms with Gasteiger partial charge in [0.25, 0.3) is 11.8 Å². The molecule has 2 aliphatic rings.